The third-order valence-corrected chi connectivity index (χ3v) is 3.21. The van der Waals surface area contributed by atoms with Crippen LogP contribution in [0.1, 0.15) is 13.3 Å². The standard InChI is InChI=1S/C9H11BrO4S/c1-2-7-15(11,12)14-13-9-5-3-8(10)4-6-9/h3-6H,2,7H2,1H3. The van der Waals surface area contributed by atoms with Gasteiger partial charge in [0.05, 0.1) is 5.75 Å². The van der Waals surface area contributed by atoms with Crippen molar-refractivity contribution in [2.45, 2.75) is 13.3 Å². The van der Waals surface area contributed by atoms with Crippen molar-refractivity contribution in [3.8, 4) is 5.75 Å². The Hall–Kier alpha value is -0.590. The van der Waals surface area contributed by atoms with E-state index in [9.17, 15) is 8.42 Å². The summed E-state index contributed by atoms with van der Waals surface area (Å²) in [6.07, 6.45) is 0.492. The van der Waals surface area contributed by atoms with Crippen molar-refractivity contribution in [2.24, 2.45) is 0 Å². The second-order valence-corrected chi connectivity index (χ2v) is 5.44. The molecule has 4 nitrogen and oxygen atoms in total. The van der Waals surface area contributed by atoms with Gasteiger partial charge in [-0.05, 0) is 30.7 Å². The van der Waals surface area contributed by atoms with Crippen LogP contribution < -0.4 is 4.89 Å². The van der Waals surface area contributed by atoms with Gasteiger partial charge in [-0.25, -0.2) is 0 Å². The van der Waals surface area contributed by atoms with E-state index in [1.165, 1.54) is 0 Å². The molecule has 0 aromatic heterocycles. The van der Waals surface area contributed by atoms with Gasteiger partial charge >= 0.3 is 10.1 Å². The fraction of sp³-hybridized carbons (Fsp3) is 0.333. The molecule has 6 heteroatoms. The lowest BCUT2D eigenvalue weighted by Gasteiger charge is -2.04. The van der Waals surface area contributed by atoms with Crippen LogP contribution in [0.5, 0.6) is 5.75 Å². The minimum absolute atomic E-state index is 0.0521. The van der Waals surface area contributed by atoms with E-state index in [0.717, 1.165) is 4.47 Å². The Kier molecular flexibility index (Phi) is 4.56. The molecule has 0 fully saturated rings. The molecule has 1 aromatic carbocycles. The summed E-state index contributed by atoms with van der Waals surface area (Å²) in [7, 11) is -3.57. The second-order valence-electron chi connectivity index (χ2n) is 2.87. The highest BCUT2D eigenvalue weighted by atomic mass is 79.9. The van der Waals surface area contributed by atoms with Gasteiger partial charge < -0.3 is 4.89 Å². The third kappa shape index (κ3) is 4.63. The Balaban J connectivity index is 2.54. The second kappa shape index (κ2) is 5.48. The molecule has 0 aliphatic heterocycles. The summed E-state index contributed by atoms with van der Waals surface area (Å²) in [6.45, 7) is 1.75. The van der Waals surface area contributed by atoms with Crippen molar-refractivity contribution in [3.63, 3.8) is 0 Å². The SMILES string of the molecule is CCCS(=O)(=O)OOc1ccc(Br)cc1. The van der Waals surface area contributed by atoms with Crippen molar-refractivity contribution in [1.29, 1.82) is 0 Å². The average molecular weight is 295 g/mol. The molecule has 1 rings (SSSR count). The summed E-state index contributed by atoms with van der Waals surface area (Å²) in [6, 6.07) is 6.66. The maximum Gasteiger partial charge on any atom is 0.303 e. The molecule has 0 bridgehead atoms. The van der Waals surface area contributed by atoms with Crippen LogP contribution in [0.4, 0.5) is 0 Å². The quantitative estimate of drug-likeness (QED) is 0.618. The Morgan fingerprint density at radius 1 is 1.27 bits per heavy atom. The highest BCUT2D eigenvalue weighted by Gasteiger charge is 2.11. The first-order valence-corrected chi connectivity index (χ1v) is 6.75. The Morgan fingerprint density at radius 3 is 2.40 bits per heavy atom. The Morgan fingerprint density at radius 2 is 1.87 bits per heavy atom. The summed E-state index contributed by atoms with van der Waals surface area (Å²) in [4.78, 5) is 4.67. The van der Waals surface area contributed by atoms with Gasteiger partial charge in [0, 0.05) is 4.47 Å². The fourth-order valence-electron chi connectivity index (χ4n) is 0.865. The first kappa shape index (κ1) is 12.5. The van der Waals surface area contributed by atoms with Gasteiger partial charge in [-0.3, -0.25) is 0 Å². The normalized spacial score (nSPS) is 11.3. The van der Waals surface area contributed by atoms with Gasteiger partial charge in [-0.15, -0.1) is 0 Å². The topological polar surface area (TPSA) is 52.6 Å². The van der Waals surface area contributed by atoms with Gasteiger partial charge in [0.2, 0.25) is 0 Å². The van der Waals surface area contributed by atoms with Crippen molar-refractivity contribution in [3.05, 3.63) is 28.7 Å². The van der Waals surface area contributed by atoms with Crippen LogP contribution in [-0.2, 0) is 14.5 Å². The number of rotatable bonds is 5. The summed E-state index contributed by atoms with van der Waals surface area (Å²) in [5.74, 6) is 0.293. The van der Waals surface area contributed by atoms with Crippen LogP contribution in [0.2, 0.25) is 0 Å². The predicted molar refractivity (Wildman–Crippen MR) is 59.9 cm³/mol. The molecule has 0 atom stereocenters. The first-order chi connectivity index (χ1) is 7.03. The molecule has 0 unspecified atom stereocenters. The molecule has 0 radical (unpaired) electrons. The van der Waals surface area contributed by atoms with Crippen LogP contribution in [0.25, 0.3) is 0 Å². The third-order valence-electron chi connectivity index (χ3n) is 1.50. The molecule has 0 saturated carbocycles. The molecule has 0 heterocycles. The summed E-state index contributed by atoms with van der Waals surface area (Å²) < 4.78 is 27.5. The molecule has 84 valence electrons. The van der Waals surface area contributed by atoms with Crippen molar-refractivity contribution < 1.29 is 17.6 Å². The van der Waals surface area contributed by atoms with E-state index in [4.69, 9.17) is 0 Å². The fourth-order valence-corrected chi connectivity index (χ4v) is 1.88. The summed E-state index contributed by atoms with van der Waals surface area (Å²) in [5.41, 5.74) is 0. The smallest absolute Gasteiger partial charge is 0.303 e. The van der Waals surface area contributed by atoms with E-state index in [1.807, 2.05) is 0 Å². The van der Waals surface area contributed by atoms with E-state index in [1.54, 1.807) is 31.2 Å². The van der Waals surface area contributed by atoms with E-state index >= 15 is 0 Å². The van der Waals surface area contributed by atoms with Gasteiger partial charge in [-0.2, -0.15) is 8.42 Å². The van der Waals surface area contributed by atoms with Crippen LogP contribution in [0.15, 0.2) is 28.7 Å². The lowest BCUT2D eigenvalue weighted by atomic mass is 10.3. The molecule has 0 spiro atoms. The van der Waals surface area contributed by atoms with Crippen LogP contribution >= 0.6 is 15.9 Å². The average Bonchev–Trinajstić information content (AvgIpc) is 2.17. The highest BCUT2D eigenvalue weighted by Crippen LogP contribution is 2.16. The Bertz CT molecular complexity index is 399. The number of hydrogen-bond donors (Lipinski definition) is 0. The molecular formula is C9H11BrO4S. The lowest BCUT2D eigenvalue weighted by Crippen LogP contribution is -2.12. The number of halogens is 1. The zero-order chi connectivity index (χ0) is 11.3. The lowest BCUT2D eigenvalue weighted by molar-refractivity contribution is -0.0925. The monoisotopic (exact) mass is 294 g/mol. The molecule has 15 heavy (non-hydrogen) atoms. The number of benzene rings is 1. The van der Waals surface area contributed by atoms with Gasteiger partial charge in [0.1, 0.15) is 0 Å². The predicted octanol–water partition coefficient (Wildman–Crippen LogP) is 2.50. The van der Waals surface area contributed by atoms with Gasteiger partial charge in [0.25, 0.3) is 0 Å². The first-order valence-electron chi connectivity index (χ1n) is 4.38. The van der Waals surface area contributed by atoms with Crippen LogP contribution in [0.3, 0.4) is 0 Å². The maximum atomic E-state index is 11.1. The van der Waals surface area contributed by atoms with Crippen LogP contribution in [0, 0.1) is 0 Å². The minimum Gasteiger partial charge on any atom is -0.321 e. The van der Waals surface area contributed by atoms with Crippen LogP contribution in [-0.4, -0.2) is 14.2 Å². The molecule has 0 N–H and O–H groups in total. The Labute approximate surface area is 97.4 Å². The van der Waals surface area contributed by atoms with Gasteiger partial charge in [-0.1, -0.05) is 27.2 Å². The van der Waals surface area contributed by atoms with E-state index in [2.05, 4.69) is 25.2 Å². The minimum atomic E-state index is -3.57. The van der Waals surface area contributed by atoms with Crippen molar-refractivity contribution in [2.75, 3.05) is 5.75 Å². The maximum absolute atomic E-state index is 11.1. The molecule has 0 aliphatic rings. The molecule has 0 saturated heterocycles. The van der Waals surface area contributed by atoms with Gasteiger partial charge in [0.15, 0.2) is 5.75 Å². The van der Waals surface area contributed by atoms with E-state index < -0.39 is 10.1 Å². The van der Waals surface area contributed by atoms with E-state index in [-0.39, 0.29) is 5.75 Å². The molecular weight excluding hydrogens is 284 g/mol. The van der Waals surface area contributed by atoms with Crippen molar-refractivity contribution >= 4 is 26.0 Å². The largest absolute Gasteiger partial charge is 0.321 e. The zero-order valence-corrected chi connectivity index (χ0v) is 10.5. The molecule has 0 aliphatic carbocycles. The van der Waals surface area contributed by atoms with Crippen molar-refractivity contribution in [1.82, 2.24) is 0 Å². The van der Waals surface area contributed by atoms with E-state index in [0.29, 0.717) is 12.2 Å². The number of hydrogen-bond acceptors (Lipinski definition) is 4. The summed E-state index contributed by atoms with van der Waals surface area (Å²) >= 11 is 3.25. The summed E-state index contributed by atoms with van der Waals surface area (Å²) in [5, 5.41) is 0. The zero-order valence-electron chi connectivity index (χ0n) is 8.14. The molecule has 0 amide bonds. The molecule has 1 aromatic rings. The highest BCUT2D eigenvalue weighted by molar-refractivity contribution is 9.10.